The van der Waals surface area contributed by atoms with Gasteiger partial charge in [0.2, 0.25) is 0 Å². The molecule has 3 N–H and O–H groups in total. The molecule has 2 aromatic rings. The molecule has 18 heavy (non-hydrogen) atoms. The van der Waals surface area contributed by atoms with Crippen LogP contribution < -0.4 is 11.1 Å². The molecule has 0 spiro atoms. The largest absolute Gasteiger partial charge is 0.396 e. The van der Waals surface area contributed by atoms with Crippen LogP contribution in [-0.2, 0) is 6.54 Å². The monoisotopic (exact) mass is 241 g/mol. The summed E-state index contributed by atoms with van der Waals surface area (Å²) in [5.41, 5.74) is 9.23. The van der Waals surface area contributed by atoms with Gasteiger partial charge in [-0.2, -0.15) is 0 Å². The Bertz CT molecular complexity index is 506. The predicted molar refractivity (Wildman–Crippen MR) is 76.5 cm³/mol. The summed E-state index contributed by atoms with van der Waals surface area (Å²) in [7, 11) is 0. The molecule has 3 heteroatoms. The standard InChI is InChI=1S/C15H19N3/c1-11(2)13-8-9-17-15(14(13)16)18-10-12-6-4-3-5-7-12/h3-9,11H,10,16H2,1-2H3,(H,17,18). The van der Waals surface area contributed by atoms with Crippen LogP contribution in [0, 0.1) is 0 Å². The minimum absolute atomic E-state index is 0.408. The molecule has 0 bridgehead atoms. The van der Waals surface area contributed by atoms with Gasteiger partial charge < -0.3 is 11.1 Å². The lowest BCUT2D eigenvalue weighted by atomic mass is 10.0. The van der Waals surface area contributed by atoms with Crippen molar-refractivity contribution in [3.05, 3.63) is 53.7 Å². The summed E-state index contributed by atoms with van der Waals surface area (Å²) in [4.78, 5) is 4.30. The number of anilines is 2. The first kappa shape index (κ1) is 12.4. The molecule has 0 aliphatic carbocycles. The molecule has 1 heterocycles. The maximum atomic E-state index is 6.12. The Kier molecular flexibility index (Phi) is 3.82. The van der Waals surface area contributed by atoms with Gasteiger partial charge in [-0.3, -0.25) is 0 Å². The van der Waals surface area contributed by atoms with Gasteiger partial charge in [-0.15, -0.1) is 0 Å². The number of aromatic nitrogens is 1. The number of nitrogens with two attached hydrogens (primary N) is 1. The molecule has 0 radical (unpaired) electrons. The molecule has 94 valence electrons. The molecule has 0 amide bonds. The second-order valence-corrected chi connectivity index (χ2v) is 4.66. The maximum Gasteiger partial charge on any atom is 0.149 e. The Morgan fingerprint density at radius 2 is 1.89 bits per heavy atom. The van der Waals surface area contributed by atoms with E-state index in [0.717, 1.165) is 23.6 Å². The summed E-state index contributed by atoms with van der Waals surface area (Å²) in [5.74, 6) is 1.18. The third-order valence-corrected chi connectivity index (χ3v) is 2.95. The smallest absolute Gasteiger partial charge is 0.149 e. The molecule has 0 fully saturated rings. The lowest BCUT2D eigenvalue weighted by Gasteiger charge is -2.14. The lowest BCUT2D eigenvalue weighted by Crippen LogP contribution is -2.07. The van der Waals surface area contributed by atoms with Crippen molar-refractivity contribution in [3.8, 4) is 0 Å². The van der Waals surface area contributed by atoms with Crippen molar-refractivity contribution >= 4 is 11.5 Å². The molecule has 0 atom stereocenters. The number of hydrogen-bond acceptors (Lipinski definition) is 3. The Morgan fingerprint density at radius 1 is 1.17 bits per heavy atom. The normalized spacial score (nSPS) is 10.6. The van der Waals surface area contributed by atoms with Crippen LogP contribution in [0.25, 0.3) is 0 Å². The van der Waals surface area contributed by atoms with E-state index in [1.54, 1.807) is 6.20 Å². The highest BCUT2D eigenvalue weighted by molar-refractivity contribution is 5.66. The molecule has 2 rings (SSSR count). The number of rotatable bonds is 4. The third kappa shape index (κ3) is 2.80. The predicted octanol–water partition coefficient (Wildman–Crippen LogP) is 3.40. The second kappa shape index (κ2) is 5.54. The summed E-state index contributed by atoms with van der Waals surface area (Å²) >= 11 is 0. The topological polar surface area (TPSA) is 50.9 Å². The highest BCUT2D eigenvalue weighted by Crippen LogP contribution is 2.26. The van der Waals surface area contributed by atoms with Crippen LogP contribution in [-0.4, -0.2) is 4.98 Å². The molecule has 0 unspecified atom stereocenters. The van der Waals surface area contributed by atoms with Gasteiger partial charge in [-0.05, 0) is 23.1 Å². The molecule has 1 aromatic heterocycles. The molecular formula is C15H19N3. The van der Waals surface area contributed by atoms with E-state index >= 15 is 0 Å². The minimum Gasteiger partial charge on any atom is -0.396 e. The molecule has 0 aliphatic rings. The molecule has 1 aromatic carbocycles. The van der Waals surface area contributed by atoms with Gasteiger partial charge in [-0.25, -0.2) is 4.98 Å². The van der Waals surface area contributed by atoms with Crippen LogP contribution in [0.5, 0.6) is 0 Å². The van der Waals surface area contributed by atoms with Gasteiger partial charge in [0.25, 0.3) is 0 Å². The summed E-state index contributed by atoms with van der Waals surface area (Å²) in [6, 6.07) is 12.2. The highest BCUT2D eigenvalue weighted by atomic mass is 15.0. The zero-order chi connectivity index (χ0) is 13.0. The first-order valence-corrected chi connectivity index (χ1v) is 6.20. The average molecular weight is 241 g/mol. The highest BCUT2D eigenvalue weighted by Gasteiger charge is 2.08. The first-order valence-electron chi connectivity index (χ1n) is 6.20. The van der Waals surface area contributed by atoms with Gasteiger partial charge in [0.1, 0.15) is 5.82 Å². The van der Waals surface area contributed by atoms with Gasteiger partial charge >= 0.3 is 0 Å². The SMILES string of the molecule is CC(C)c1ccnc(NCc2ccccc2)c1N. The third-order valence-electron chi connectivity index (χ3n) is 2.95. The van der Waals surface area contributed by atoms with Crippen molar-refractivity contribution < 1.29 is 0 Å². The van der Waals surface area contributed by atoms with Crippen LogP contribution in [0.3, 0.4) is 0 Å². The van der Waals surface area contributed by atoms with Crippen molar-refractivity contribution in [2.45, 2.75) is 26.3 Å². The van der Waals surface area contributed by atoms with Crippen molar-refractivity contribution in [1.82, 2.24) is 4.98 Å². The zero-order valence-electron chi connectivity index (χ0n) is 10.9. The van der Waals surface area contributed by atoms with Gasteiger partial charge in [0.15, 0.2) is 0 Å². The minimum atomic E-state index is 0.408. The van der Waals surface area contributed by atoms with Crippen LogP contribution in [0.15, 0.2) is 42.6 Å². The fourth-order valence-electron chi connectivity index (χ4n) is 1.91. The van der Waals surface area contributed by atoms with Crippen LogP contribution in [0.4, 0.5) is 11.5 Å². The number of benzene rings is 1. The second-order valence-electron chi connectivity index (χ2n) is 4.66. The van der Waals surface area contributed by atoms with E-state index < -0.39 is 0 Å². The van der Waals surface area contributed by atoms with Gasteiger partial charge in [0.05, 0.1) is 5.69 Å². The van der Waals surface area contributed by atoms with Crippen molar-refractivity contribution in [2.75, 3.05) is 11.1 Å². The van der Waals surface area contributed by atoms with Gasteiger partial charge in [-0.1, -0.05) is 44.2 Å². The summed E-state index contributed by atoms with van der Waals surface area (Å²) in [5, 5.41) is 3.29. The first-order chi connectivity index (χ1) is 8.68. The quantitative estimate of drug-likeness (QED) is 0.862. The molecule has 3 nitrogen and oxygen atoms in total. The Labute approximate surface area is 108 Å². The van der Waals surface area contributed by atoms with E-state index in [1.807, 2.05) is 24.3 Å². The van der Waals surface area contributed by atoms with E-state index in [9.17, 15) is 0 Å². The molecular weight excluding hydrogens is 222 g/mol. The van der Waals surface area contributed by atoms with E-state index in [-0.39, 0.29) is 0 Å². The number of hydrogen-bond donors (Lipinski definition) is 2. The number of nitrogens with zero attached hydrogens (tertiary/aromatic N) is 1. The summed E-state index contributed by atoms with van der Waals surface area (Å²) in [6.45, 7) is 5.00. The van der Waals surface area contributed by atoms with Crippen LogP contribution in [0.1, 0.15) is 30.9 Å². The summed E-state index contributed by atoms with van der Waals surface area (Å²) in [6.07, 6.45) is 1.80. The zero-order valence-corrected chi connectivity index (χ0v) is 10.9. The van der Waals surface area contributed by atoms with Gasteiger partial charge in [0, 0.05) is 12.7 Å². The Hall–Kier alpha value is -2.03. The lowest BCUT2D eigenvalue weighted by molar-refractivity contribution is 0.866. The molecule has 0 saturated carbocycles. The van der Waals surface area contributed by atoms with Crippen LogP contribution in [0.2, 0.25) is 0 Å². The average Bonchev–Trinajstić information content (AvgIpc) is 2.38. The fraction of sp³-hybridized carbons (Fsp3) is 0.267. The van der Waals surface area contributed by atoms with E-state index in [1.165, 1.54) is 5.56 Å². The number of nitrogens with one attached hydrogen (secondary N) is 1. The number of nitrogen functional groups attached to an aromatic ring is 1. The van der Waals surface area contributed by atoms with Crippen LogP contribution >= 0.6 is 0 Å². The molecule has 0 aliphatic heterocycles. The van der Waals surface area contributed by atoms with Crippen molar-refractivity contribution in [1.29, 1.82) is 0 Å². The maximum absolute atomic E-state index is 6.12. The van der Waals surface area contributed by atoms with Crippen molar-refractivity contribution in [3.63, 3.8) is 0 Å². The summed E-state index contributed by atoms with van der Waals surface area (Å²) < 4.78 is 0. The molecule has 0 saturated heterocycles. The Morgan fingerprint density at radius 3 is 2.56 bits per heavy atom. The van der Waals surface area contributed by atoms with E-state index in [2.05, 4.69) is 36.3 Å². The number of pyridine rings is 1. The van der Waals surface area contributed by atoms with E-state index in [0.29, 0.717) is 5.92 Å². The Balaban J connectivity index is 2.13. The van der Waals surface area contributed by atoms with E-state index in [4.69, 9.17) is 5.73 Å². The fourth-order valence-corrected chi connectivity index (χ4v) is 1.91. The van der Waals surface area contributed by atoms with Crippen molar-refractivity contribution in [2.24, 2.45) is 0 Å².